The van der Waals surface area contributed by atoms with E-state index < -0.39 is 0 Å². The smallest absolute Gasteiger partial charge is 0.188 e. The number of rotatable bonds is 6. The van der Waals surface area contributed by atoms with Gasteiger partial charge in [-0.05, 0) is 36.6 Å². The Balaban J connectivity index is 1.43. The first-order chi connectivity index (χ1) is 10.4. The zero-order valence-electron chi connectivity index (χ0n) is 12.2. The molecule has 5 heteroatoms. The Bertz CT molecular complexity index is 518. The molecular weight excluding hydrogens is 280 g/mol. The normalized spacial score (nSPS) is 16.0. The predicted octanol–water partition coefficient (Wildman–Crippen LogP) is 4.34. The van der Waals surface area contributed by atoms with E-state index in [0.29, 0.717) is 0 Å². The van der Waals surface area contributed by atoms with Crippen molar-refractivity contribution in [3.05, 3.63) is 30.6 Å². The van der Waals surface area contributed by atoms with Crippen LogP contribution in [0.5, 0.6) is 0 Å². The minimum atomic E-state index is 0.827. The zero-order valence-corrected chi connectivity index (χ0v) is 13.0. The van der Waals surface area contributed by atoms with Gasteiger partial charge in [-0.2, -0.15) is 5.10 Å². The van der Waals surface area contributed by atoms with Crippen molar-refractivity contribution in [2.75, 3.05) is 11.9 Å². The Morgan fingerprint density at radius 3 is 2.67 bits per heavy atom. The fraction of sp³-hybridized carbons (Fsp3) is 0.500. The van der Waals surface area contributed by atoms with Crippen LogP contribution in [0.2, 0.25) is 0 Å². The van der Waals surface area contributed by atoms with Crippen LogP contribution in [0.25, 0.3) is 0 Å². The van der Waals surface area contributed by atoms with Gasteiger partial charge in [0.15, 0.2) is 5.16 Å². The summed E-state index contributed by atoms with van der Waals surface area (Å²) in [6, 6.07) is 8.52. The lowest BCUT2D eigenvalue weighted by molar-refractivity contribution is 0.345. The lowest BCUT2D eigenvalue weighted by atomic mass is 9.87. The molecule has 0 aliphatic heterocycles. The number of anilines is 1. The quantitative estimate of drug-likeness (QED) is 0.833. The van der Waals surface area contributed by atoms with Crippen LogP contribution >= 0.6 is 11.8 Å². The number of hydrogen-bond donors (Lipinski definition) is 2. The molecule has 0 spiro atoms. The molecular formula is C16H22N4S. The molecule has 0 saturated heterocycles. The summed E-state index contributed by atoms with van der Waals surface area (Å²) in [4.78, 5) is 5.29. The molecule has 1 heterocycles. The summed E-state index contributed by atoms with van der Waals surface area (Å²) in [5, 5.41) is 11.1. The monoisotopic (exact) mass is 302 g/mol. The van der Waals surface area contributed by atoms with Crippen molar-refractivity contribution >= 4 is 17.4 Å². The molecule has 3 rings (SSSR count). The number of nitrogens with zero attached hydrogens (tertiary/aromatic N) is 2. The maximum Gasteiger partial charge on any atom is 0.188 e. The van der Waals surface area contributed by atoms with Crippen LogP contribution in [0, 0.1) is 5.92 Å². The van der Waals surface area contributed by atoms with Crippen LogP contribution in [-0.4, -0.2) is 21.7 Å². The van der Waals surface area contributed by atoms with Gasteiger partial charge in [0.25, 0.3) is 0 Å². The Kier molecular flexibility index (Phi) is 5.16. The number of hydrogen-bond acceptors (Lipinski definition) is 4. The molecule has 2 N–H and O–H groups in total. The molecule has 21 heavy (non-hydrogen) atoms. The minimum absolute atomic E-state index is 0.827. The highest BCUT2D eigenvalue weighted by Gasteiger charge is 2.12. The summed E-state index contributed by atoms with van der Waals surface area (Å²) in [5.41, 5.74) is 1.20. The molecule has 0 bridgehead atoms. The van der Waals surface area contributed by atoms with Crippen LogP contribution in [0.3, 0.4) is 0 Å². The first-order valence-electron chi connectivity index (χ1n) is 7.77. The number of benzene rings is 1. The second-order valence-corrected chi connectivity index (χ2v) is 6.70. The highest BCUT2D eigenvalue weighted by molar-refractivity contribution is 7.99. The molecule has 4 nitrogen and oxygen atoms in total. The third-order valence-corrected chi connectivity index (χ3v) is 4.97. The molecule has 0 radical (unpaired) electrons. The van der Waals surface area contributed by atoms with E-state index in [-0.39, 0.29) is 0 Å². The summed E-state index contributed by atoms with van der Waals surface area (Å²) in [5.74, 6) is 0.938. The highest BCUT2D eigenvalue weighted by Crippen LogP contribution is 2.27. The van der Waals surface area contributed by atoms with Gasteiger partial charge in [0.1, 0.15) is 6.33 Å². The lowest BCUT2D eigenvalue weighted by Gasteiger charge is -2.21. The topological polar surface area (TPSA) is 53.6 Å². The van der Waals surface area contributed by atoms with E-state index in [1.807, 2.05) is 0 Å². The van der Waals surface area contributed by atoms with Crippen LogP contribution < -0.4 is 5.32 Å². The fourth-order valence-corrected chi connectivity index (χ4v) is 3.59. The molecule has 0 atom stereocenters. The largest absolute Gasteiger partial charge is 0.385 e. The van der Waals surface area contributed by atoms with Gasteiger partial charge >= 0.3 is 0 Å². The first kappa shape index (κ1) is 14.4. The molecule has 1 fully saturated rings. The van der Waals surface area contributed by atoms with Crippen molar-refractivity contribution in [1.29, 1.82) is 0 Å². The van der Waals surface area contributed by atoms with Gasteiger partial charge in [-0.1, -0.05) is 43.9 Å². The van der Waals surface area contributed by atoms with E-state index in [4.69, 9.17) is 0 Å². The molecule has 112 valence electrons. The first-order valence-corrected chi connectivity index (χ1v) is 8.59. The summed E-state index contributed by atoms with van der Waals surface area (Å²) in [7, 11) is 0. The van der Waals surface area contributed by atoms with E-state index in [0.717, 1.165) is 17.6 Å². The fourth-order valence-electron chi connectivity index (χ4n) is 2.89. The van der Waals surface area contributed by atoms with Crippen molar-refractivity contribution in [2.24, 2.45) is 5.92 Å². The Hall–Kier alpha value is -1.49. The van der Waals surface area contributed by atoms with Crippen molar-refractivity contribution in [1.82, 2.24) is 15.2 Å². The van der Waals surface area contributed by atoms with Crippen molar-refractivity contribution in [3.63, 3.8) is 0 Å². The van der Waals surface area contributed by atoms with E-state index >= 15 is 0 Å². The predicted molar refractivity (Wildman–Crippen MR) is 86.6 cm³/mol. The maximum atomic E-state index is 4.12. The summed E-state index contributed by atoms with van der Waals surface area (Å²) < 4.78 is 0. The molecule has 2 aromatic rings. The molecule has 0 amide bonds. The molecule has 1 aliphatic rings. The van der Waals surface area contributed by atoms with Gasteiger partial charge in [-0.25, -0.2) is 4.98 Å². The Morgan fingerprint density at radius 1 is 1.14 bits per heavy atom. The Labute approximate surface area is 130 Å². The molecule has 1 aromatic carbocycles. The molecule has 1 saturated carbocycles. The zero-order chi connectivity index (χ0) is 14.3. The van der Waals surface area contributed by atoms with Crippen LogP contribution in [0.15, 0.2) is 40.6 Å². The van der Waals surface area contributed by atoms with Gasteiger partial charge in [-0.3, -0.25) is 5.10 Å². The van der Waals surface area contributed by atoms with E-state index in [1.165, 1.54) is 55.4 Å². The van der Waals surface area contributed by atoms with Gasteiger partial charge in [0.2, 0.25) is 0 Å². The van der Waals surface area contributed by atoms with Gasteiger partial charge in [0.05, 0.1) is 0 Å². The number of aromatic amines is 1. The average molecular weight is 302 g/mol. The van der Waals surface area contributed by atoms with Gasteiger partial charge in [0, 0.05) is 17.1 Å². The summed E-state index contributed by atoms with van der Waals surface area (Å²) in [6.07, 6.45) is 9.98. The average Bonchev–Trinajstić information content (AvgIpc) is 3.03. The van der Waals surface area contributed by atoms with Gasteiger partial charge in [-0.15, -0.1) is 0 Å². The van der Waals surface area contributed by atoms with E-state index in [9.17, 15) is 0 Å². The van der Waals surface area contributed by atoms with Crippen molar-refractivity contribution in [3.8, 4) is 0 Å². The maximum absolute atomic E-state index is 4.12. The van der Waals surface area contributed by atoms with Gasteiger partial charge < -0.3 is 5.32 Å². The van der Waals surface area contributed by atoms with Crippen LogP contribution in [0.1, 0.15) is 38.5 Å². The standard InChI is InChI=1S/C16H22N4S/c1-2-4-13(5-3-1)10-11-17-14-6-8-15(9-7-14)21-16-18-12-19-20-16/h6-9,12-13,17H,1-5,10-11H2,(H,18,19,20). The number of H-pyrrole nitrogens is 1. The third-order valence-electron chi connectivity index (χ3n) is 4.07. The van der Waals surface area contributed by atoms with Crippen molar-refractivity contribution in [2.45, 2.75) is 48.6 Å². The lowest BCUT2D eigenvalue weighted by Crippen LogP contribution is -2.12. The number of aromatic nitrogens is 3. The third kappa shape index (κ3) is 4.49. The van der Waals surface area contributed by atoms with Crippen molar-refractivity contribution < 1.29 is 0 Å². The second-order valence-electron chi connectivity index (χ2n) is 5.64. The van der Waals surface area contributed by atoms with E-state index in [2.05, 4.69) is 44.8 Å². The molecule has 0 unspecified atom stereocenters. The van der Waals surface area contributed by atoms with Crippen LogP contribution in [-0.2, 0) is 0 Å². The minimum Gasteiger partial charge on any atom is -0.385 e. The SMILES string of the molecule is c1n[nH]c(Sc2ccc(NCCC3CCCCC3)cc2)n1. The number of nitrogens with one attached hydrogen (secondary N) is 2. The highest BCUT2D eigenvalue weighted by atomic mass is 32.2. The molecule has 1 aliphatic carbocycles. The summed E-state index contributed by atoms with van der Waals surface area (Å²) >= 11 is 1.59. The van der Waals surface area contributed by atoms with Crippen LogP contribution in [0.4, 0.5) is 5.69 Å². The Morgan fingerprint density at radius 2 is 1.95 bits per heavy atom. The molecule has 1 aromatic heterocycles. The van der Waals surface area contributed by atoms with E-state index in [1.54, 1.807) is 11.8 Å². The second kappa shape index (κ2) is 7.50. The summed E-state index contributed by atoms with van der Waals surface area (Å²) in [6.45, 7) is 1.08.